The summed E-state index contributed by atoms with van der Waals surface area (Å²) in [5.41, 5.74) is 17.2. The molecule has 0 aromatic heterocycles. The molecule has 0 radical (unpaired) electrons. The molecule has 6 aromatic carbocycles. The summed E-state index contributed by atoms with van der Waals surface area (Å²) in [7, 11) is 0. The molecule has 49 heavy (non-hydrogen) atoms. The molecule has 3 aliphatic carbocycles. The van der Waals surface area contributed by atoms with Crippen molar-refractivity contribution in [3.8, 4) is 33.4 Å². The monoisotopic (exact) mass is 962 g/mol. The Morgan fingerprint density at radius 3 is 1.10 bits per heavy atom. The quantitative estimate of drug-likeness (QED) is 0.133. The van der Waals surface area contributed by atoms with Crippen molar-refractivity contribution in [2.75, 3.05) is 5.83 Å². The molecule has 0 aliphatic heterocycles. The van der Waals surface area contributed by atoms with E-state index >= 15 is 0 Å². The molecule has 6 aromatic rings. The van der Waals surface area contributed by atoms with Gasteiger partial charge in [-0.05, 0) is 103 Å². The maximum Gasteiger partial charge on any atom is 0.0178 e. The van der Waals surface area contributed by atoms with Crippen LogP contribution in [0.1, 0.15) is 61.1 Å². The van der Waals surface area contributed by atoms with Crippen LogP contribution in [0.25, 0.3) is 33.4 Å². The van der Waals surface area contributed by atoms with Gasteiger partial charge >= 0.3 is 0 Å². The lowest BCUT2D eigenvalue weighted by molar-refractivity contribution is 0.659. The van der Waals surface area contributed by atoms with Gasteiger partial charge in [-0.15, -0.1) is 0 Å². The lowest BCUT2D eigenvalue weighted by Gasteiger charge is -2.21. The van der Waals surface area contributed by atoms with Gasteiger partial charge in [-0.1, -0.05) is 185 Å². The van der Waals surface area contributed by atoms with Crippen LogP contribution in [0.15, 0.2) is 142 Å². The van der Waals surface area contributed by atoms with Crippen LogP contribution in [0.4, 0.5) is 0 Å². The summed E-state index contributed by atoms with van der Waals surface area (Å²) in [6.07, 6.45) is 1.10. The third-order valence-corrected chi connectivity index (χ3v) is 10.8. The molecule has 0 N–H and O–H groups in total. The van der Waals surface area contributed by atoms with Crippen LogP contribution >= 0.6 is 76.0 Å². The van der Waals surface area contributed by atoms with Gasteiger partial charge in [0.2, 0.25) is 0 Å². The number of hydrogen-bond donors (Lipinski definition) is 0. The second-order valence-electron chi connectivity index (χ2n) is 13.2. The van der Waals surface area contributed by atoms with E-state index in [1.807, 2.05) is 5.83 Å². The van der Waals surface area contributed by atoms with Crippen LogP contribution in [0.2, 0.25) is 0 Å². The fourth-order valence-electron chi connectivity index (χ4n) is 7.43. The maximum absolute atomic E-state index is 3.57. The van der Waals surface area contributed by atoms with Crippen molar-refractivity contribution < 1.29 is 0 Å². The Bertz CT molecular complexity index is 1930. The predicted octanol–water partition coefficient (Wildman–Crippen LogP) is 15.5. The van der Waals surface area contributed by atoms with Crippen LogP contribution in [0.5, 0.6) is 0 Å². The molecule has 0 bridgehead atoms. The molecule has 0 atom stereocenters. The van der Waals surface area contributed by atoms with Gasteiger partial charge in [0.15, 0.2) is 0 Å². The second-order valence-corrected chi connectivity index (χ2v) is 15.0. The van der Waals surface area contributed by atoms with E-state index in [9.17, 15) is 0 Å². The summed E-state index contributed by atoms with van der Waals surface area (Å²) < 4.78 is 2.30. The first-order valence-corrected chi connectivity index (χ1v) is 23.0. The first kappa shape index (κ1) is 38.0. The van der Waals surface area contributed by atoms with Crippen molar-refractivity contribution in [2.45, 2.75) is 44.9 Å². The predicted molar refractivity (Wildman–Crippen MR) is 231 cm³/mol. The molecule has 5 heteroatoms. The number of alkyl halides is 1. The van der Waals surface area contributed by atoms with Crippen LogP contribution in [-0.2, 0) is 17.3 Å². The Labute approximate surface area is 333 Å². The lowest BCUT2D eigenvalue weighted by Crippen LogP contribution is -2.14. The van der Waals surface area contributed by atoms with Crippen LogP contribution in [0.3, 0.4) is 0 Å². The molecule has 0 unspecified atom stereocenters. The van der Waals surface area contributed by atoms with Crippen molar-refractivity contribution in [2.24, 2.45) is 0 Å². The van der Waals surface area contributed by atoms with Gasteiger partial charge in [-0.2, -0.15) is 0 Å². The Morgan fingerprint density at radius 1 is 0.388 bits per heavy atom. The van der Waals surface area contributed by atoms with Gasteiger partial charge < -0.3 is 0 Å². The highest BCUT2D eigenvalue weighted by molar-refractivity contribution is 9.93. The van der Waals surface area contributed by atoms with E-state index in [2.05, 4.69) is 237 Å². The minimum atomic E-state index is 0.0816. The summed E-state index contributed by atoms with van der Waals surface area (Å²) in [6, 6.07) is 47.9. The van der Waals surface area contributed by atoms with Crippen LogP contribution in [0, 0.1) is 0 Å². The van der Waals surface area contributed by atoms with E-state index < -0.39 is 0 Å². The fraction of sp³-hybridized carbons (Fsp3) is 0.182. The van der Waals surface area contributed by atoms with Crippen LogP contribution in [-0.4, -0.2) is 5.83 Å². The zero-order chi connectivity index (χ0) is 35.3. The molecule has 9 rings (SSSR count). The Balaban J connectivity index is 0.000000137. The van der Waals surface area contributed by atoms with Crippen molar-refractivity contribution >= 4 is 76.0 Å². The number of fused-ring (bicyclic) bond motifs is 9. The number of hydrogen-bond acceptors (Lipinski definition) is 0. The highest BCUT2D eigenvalue weighted by atomic mass is 80.9. The van der Waals surface area contributed by atoms with E-state index in [-0.39, 0.29) is 10.8 Å². The molecular formula is C44H39Br5. The van der Waals surface area contributed by atoms with Gasteiger partial charge in [-0.3, -0.25) is 0 Å². The summed E-state index contributed by atoms with van der Waals surface area (Å²) in [4.78, 5) is 0. The van der Waals surface area contributed by atoms with Crippen LogP contribution < -0.4 is 0 Å². The van der Waals surface area contributed by atoms with Gasteiger partial charge in [0.25, 0.3) is 0 Å². The molecule has 0 nitrogen and oxygen atoms in total. The average Bonchev–Trinajstić information content (AvgIpc) is 3.70. The van der Waals surface area contributed by atoms with Crippen molar-refractivity contribution in [3.63, 3.8) is 0 Å². The van der Waals surface area contributed by atoms with Gasteiger partial charge in [0.1, 0.15) is 0 Å². The Kier molecular flexibility index (Phi) is 12.7. The fourth-order valence-corrected chi connectivity index (χ4v) is 8.15. The van der Waals surface area contributed by atoms with Gasteiger partial charge in [0.05, 0.1) is 0 Å². The van der Waals surface area contributed by atoms with Gasteiger partial charge in [0, 0.05) is 48.0 Å². The summed E-state index contributed by atoms with van der Waals surface area (Å²) in [5.74, 6) is 1.81. The normalized spacial score (nSPS) is 13.8. The summed E-state index contributed by atoms with van der Waals surface area (Å²) in [5, 5.41) is 0. The SMILES string of the molecule is BrBr.CBr.CC1(C)c2cc(Br)ccc2-c2ccc(Br)cc21.CC1(C)c2ccccc2-c2ccccc21.c1ccc2c(c1)Cc1ccccc1-2. The van der Waals surface area contributed by atoms with Crippen molar-refractivity contribution in [1.82, 2.24) is 0 Å². The third kappa shape index (κ3) is 7.53. The smallest absolute Gasteiger partial charge is 0.0178 e. The maximum atomic E-state index is 3.57. The number of halogens is 5. The first-order chi connectivity index (χ1) is 23.7. The second kappa shape index (κ2) is 16.4. The molecule has 3 aliphatic rings. The highest BCUT2D eigenvalue weighted by Gasteiger charge is 2.36. The standard InChI is InChI=1S/C15H12Br2.C15H14.C13H10.CH3Br.Br2/c1-15(2)13-7-9(16)3-5-11(13)12-6-4-10(17)8-14(12)15;1-15(2)13-9-5-3-7-11(13)12-8-4-6-10-14(12)15;1-3-7-12-10(5-1)9-11-6-2-4-8-13(11)12;2*1-2/h3-8H,1-2H3;3-10H,1-2H3;1-8H,9H2;1H3;. The number of rotatable bonds is 0. The van der Waals surface area contributed by atoms with E-state index in [0.717, 1.165) is 15.4 Å². The van der Waals surface area contributed by atoms with Gasteiger partial charge in [-0.25, -0.2) is 0 Å². The molecule has 250 valence electrons. The molecule has 0 heterocycles. The molecule has 0 fully saturated rings. The summed E-state index contributed by atoms with van der Waals surface area (Å²) in [6.45, 7) is 9.18. The largest absolute Gasteiger partial charge is 0.0966 e. The minimum Gasteiger partial charge on any atom is -0.0966 e. The zero-order valence-corrected chi connectivity index (χ0v) is 36.2. The van der Waals surface area contributed by atoms with E-state index in [1.54, 1.807) is 0 Å². The van der Waals surface area contributed by atoms with Crippen molar-refractivity contribution in [3.05, 3.63) is 176 Å². The molecular weight excluding hydrogens is 928 g/mol. The molecule has 0 spiro atoms. The molecule has 0 saturated carbocycles. The molecule has 0 amide bonds. The first-order valence-electron chi connectivity index (χ1n) is 16.1. The van der Waals surface area contributed by atoms with Crippen molar-refractivity contribution in [1.29, 1.82) is 0 Å². The summed E-state index contributed by atoms with van der Waals surface area (Å²) >= 11 is 15.6. The third-order valence-electron chi connectivity index (χ3n) is 9.80. The Morgan fingerprint density at radius 2 is 0.694 bits per heavy atom. The zero-order valence-electron chi connectivity index (χ0n) is 28.3. The van der Waals surface area contributed by atoms with E-state index in [4.69, 9.17) is 0 Å². The Hall–Kier alpha value is -2.28. The topological polar surface area (TPSA) is 0 Å². The lowest BCUT2D eigenvalue weighted by atomic mass is 9.82. The average molecular weight is 967 g/mol. The molecule has 0 saturated heterocycles. The number of benzene rings is 6. The minimum absolute atomic E-state index is 0.0816. The van der Waals surface area contributed by atoms with E-state index in [0.29, 0.717) is 0 Å². The van der Waals surface area contributed by atoms with E-state index in [1.165, 1.54) is 66.8 Å². The highest BCUT2D eigenvalue weighted by Crippen LogP contribution is 2.50.